The SMILES string of the molecule is Cl.N#Cc1ccc(S(=O)(=O)N2CCC[C@@H](N)C2)cc1Cl. The molecule has 0 amide bonds. The molecule has 1 heterocycles. The molecule has 2 N–H and O–H groups in total. The fourth-order valence-corrected chi connectivity index (χ4v) is 3.94. The summed E-state index contributed by atoms with van der Waals surface area (Å²) in [5.41, 5.74) is 6.06. The Morgan fingerprint density at radius 3 is 2.70 bits per heavy atom. The Morgan fingerprint density at radius 1 is 1.45 bits per heavy atom. The van der Waals surface area contributed by atoms with Crippen LogP contribution in [0.25, 0.3) is 0 Å². The van der Waals surface area contributed by atoms with E-state index in [-0.39, 0.29) is 33.9 Å². The largest absolute Gasteiger partial charge is 0.327 e. The third kappa shape index (κ3) is 3.43. The summed E-state index contributed by atoms with van der Waals surface area (Å²) in [5.74, 6) is 0. The Bertz CT molecular complexity index is 628. The van der Waals surface area contributed by atoms with Gasteiger partial charge in [-0.2, -0.15) is 9.57 Å². The maximum absolute atomic E-state index is 12.4. The zero-order valence-electron chi connectivity index (χ0n) is 10.6. The molecule has 1 aliphatic rings. The van der Waals surface area contributed by atoms with Gasteiger partial charge in [0, 0.05) is 19.1 Å². The van der Waals surface area contributed by atoms with Gasteiger partial charge in [0.25, 0.3) is 0 Å². The van der Waals surface area contributed by atoms with Crippen LogP contribution in [-0.2, 0) is 10.0 Å². The van der Waals surface area contributed by atoms with Gasteiger partial charge in [-0.1, -0.05) is 11.6 Å². The van der Waals surface area contributed by atoms with E-state index >= 15 is 0 Å². The molecule has 0 spiro atoms. The summed E-state index contributed by atoms with van der Waals surface area (Å²) < 4.78 is 26.2. The molecular formula is C12H15Cl2N3O2S. The van der Waals surface area contributed by atoms with Crippen molar-refractivity contribution in [1.29, 1.82) is 5.26 Å². The summed E-state index contributed by atoms with van der Waals surface area (Å²) in [6.07, 6.45) is 1.59. The molecule has 2 rings (SSSR count). The average molecular weight is 336 g/mol. The lowest BCUT2D eigenvalue weighted by Crippen LogP contribution is -2.45. The number of hydrogen-bond donors (Lipinski definition) is 1. The average Bonchev–Trinajstić information content (AvgIpc) is 2.38. The van der Waals surface area contributed by atoms with Crippen LogP contribution >= 0.6 is 24.0 Å². The van der Waals surface area contributed by atoms with Crippen LogP contribution in [-0.4, -0.2) is 31.9 Å². The molecule has 1 saturated heterocycles. The van der Waals surface area contributed by atoms with Crippen molar-refractivity contribution in [2.75, 3.05) is 13.1 Å². The highest BCUT2D eigenvalue weighted by Crippen LogP contribution is 2.24. The van der Waals surface area contributed by atoms with Crippen LogP contribution in [0.4, 0.5) is 0 Å². The van der Waals surface area contributed by atoms with E-state index in [1.54, 1.807) is 0 Å². The Labute approximate surface area is 129 Å². The van der Waals surface area contributed by atoms with Crippen molar-refractivity contribution in [2.24, 2.45) is 5.73 Å². The van der Waals surface area contributed by atoms with Crippen molar-refractivity contribution in [3.63, 3.8) is 0 Å². The number of sulfonamides is 1. The Hall–Kier alpha value is -0.840. The van der Waals surface area contributed by atoms with Gasteiger partial charge in [-0.25, -0.2) is 8.42 Å². The fraction of sp³-hybridized carbons (Fsp3) is 0.417. The monoisotopic (exact) mass is 335 g/mol. The molecular weight excluding hydrogens is 321 g/mol. The second-order valence-corrected chi connectivity index (χ2v) is 6.86. The summed E-state index contributed by atoms with van der Waals surface area (Å²) in [5, 5.41) is 8.93. The minimum atomic E-state index is -3.58. The van der Waals surface area contributed by atoms with Crippen LogP contribution < -0.4 is 5.73 Å². The predicted molar refractivity (Wildman–Crippen MR) is 79.4 cm³/mol. The molecule has 1 aliphatic heterocycles. The molecule has 0 saturated carbocycles. The van der Waals surface area contributed by atoms with Crippen molar-refractivity contribution >= 4 is 34.0 Å². The summed E-state index contributed by atoms with van der Waals surface area (Å²) in [6, 6.07) is 5.91. The normalized spacial score (nSPS) is 19.9. The first kappa shape index (κ1) is 17.2. The van der Waals surface area contributed by atoms with Crippen LogP contribution in [0.15, 0.2) is 23.1 Å². The first-order valence-electron chi connectivity index (χ1n) is 5.90. The van der Waals surface area contributed by atoms with Gasteiger partial charge in [0.05, 0.1) is 15.5 Å². The second kappa shape index (κ2) is 6.74. The van der Waals surface area contributed by atoms with Crippen LogP contribution in [0.1, 0.15) is 18.4 Å². The molecule has 5 nitrogen and oxygen atoms in total. The van der Waals surface area contributed by atoms with Crippen LogP contribution in [0.5, 0.6) is 0 Å². The molecule has 0 bridgehead atoms. The molecule has 1 atom stereocenters. The van der Waals surface area contributed by atoms with Crippen LogP contribution in [0.2, 0.25) is 5.02 Å². The lowest BCUT2D eigenvalue weighted by Gasteiger charge is -2.29. The standard InChI is InChI=1S/C12H14ClN3O2S.ClH/c13-12-6-11(4-3-9(12)7-14)19(17,18)16-5-1-2-10(15)8-16;/h3-4,6,10H,1-2,5,8,15H2;1H/t10-;/m1./s1. The lowest BCUT2D eigenvalue weighted by atomic mass is 10.1. The first-order chi connectivity index (χ1) is 8.95. The number of halogens is 2. The summed E-state index contributed by atoms with van der Waals surface area (Å²) >= 11 is 5.87. The van der Waals surface area contributed by atoms with E-state index < -0.39 is 10.0 Å². The van der Waals surface area contributed by atoms with Gasteiger partial charge in [0.15, 0.2) is 0 Å². The van der Waals surface area contributed by atoms with E-state index in [9.17, 15) is 8.42 Å². The second-order valence-electron chi connectivity index (χ2n) is 4.52. The maximum atomic E-state index is 12.4. The smallest absolute Gasteiger partial charge is 0.243 e. The molecule has 1 aromatic rings. The quantitative estimate of drug-likeness (QED) is 0.891. The maximum Gasteiger partial charge on any atom is 0.243 e. The van der Waals surface area contributed by atoms with Crippen molar-refractivity contribution in [2.45, 2.75) is 23.8 Å². The summed E-state index contributed by atoms with van der Waals surface area (Å²) in [6.45, 7) is 0.785. The third-order valence-corrected chi connectivity index (χ3v) is 5.29. The van der Waals surface area contributed by atoms with E-state index in [4.69, 9.17) is 22.6 Å². The van der Waals surface area contributed by atoms with Gasteiger partial charge in [0.2, 0.25) is 10.0 Å². The van der Waals surface area contributed by atoms with Gasteiger partial charge in [0.1, 0.15) is 6.07 Å². The Balaban J connectivity index is 0.00000200. The van der Waals surface area contributed by atoms with Gasteiger partial charge < -0.3 is 5.73 Å². The molecule has 0 radical (unpaired) electrons. The first-order valence-corrected chi connectivity index (χ1v) is 7.72. The minimum absolute atomic E-state index is 0. The van der Waals surface area contributed by atoms with Crippen LogP contribution in [0, 0.1) is 11.3 Å². The predicted octanol–water partition coefficient (Wildman–Crippen LogP) is 1.75. The summed E-state index contributed by atoms with van der Waals surface area (Å²) in [7, 11) is -3.58. The summed E-state index contributed by atoms with van der Waals surface area (Å²) in [4.78, 5) is 0.102. The highest BCUT2D eigenvalue weighted by atomic mass is 35.5. The van der Waals surface area contributed by atoms with E-state index in [0.29, 0.717) is 13.1 Å². The molecule has 8 heteroatoms. The van der Waals surface area contributed by atoms with Gasteiger partial charge in [-0.05, 0) is 31.0 Å². The zero-order chi connectivity index (χ0) is 14.0. The Morgan fingerprint density at radius 2 is 2.15 bits per heavy atom. The molecule has 1 aromatic carbocycles. The van der Waals surface area contributed by atoms with Crippen molar-refractivity contribution in [3.8, 4) is 6.07 Å². The van der Waals surface area contributed by atoms with Gasteiger partial charge in [-0.3, -0.25) is 0 Å². The number of nitrogens with zero attached hydrogens (tertiary/aromatic N) is 2. The van der Waals surface area contributed by atoms with E-state index in [0.717, 1.165) is 12.8 Å². The molecule has 20 heavy (non-hydrogen) atoms. The van der Waals surface area contributed by atoms with Gasteiger partial charge >= 0.3 is 0 Å². The number of nitriles is 1. The topological polar surface area (TPSA) is 87.2 Å². The number of benzene rings is 1. The van der Waals surface area contributed by atoms with Crippen LogP contribution in [0.3, 0.4) is 0 Å². The molecule has 1 fully saturated rings. The Kier molecular flexibility index (Phi) is 5.80. The van der Waals surface area contributed by atoms with E-state index in [1.165, 1.54) is 22.5 Å². The fourth-order valence-electron chi connectivity index (χ4n) is 2.09. The van der Waals surface area contributed by atoms with Gasteiger partial charge in [-0.15, -0.1) is 12.4 Å². The highest BCUT2D eigenvalue weighted by molar-refractivity contribution is 7.89. The lowest BCUT2D eigenvalue weighted by molar-refractivity contribution is 0.316. The van der Waals surface area contributed by atoms with Crippen molar-refractivity contribution in [1.82, 2.24) is 4.31 Å². The van der Waals surface area contributed by atoms with Crippen molar-refractivity contribution in [3.05, 3.63) is 28.8 Å². The molecule has 110 valence electrons. The number of hydrogen-bond acceptors (Lipinski definition) is 4. The highest BCUT2D eigenvalue weighted by Gasteiger charge is 2.29. The minimum Gasteiger partial charge on any atom is -0.327 e. The number of nitrogens with two attached hydrogens (primary N) is 1. The third-order valence-electron chi connectivity index (χ3n) is 3.12. The zero-order valence-corrected chi connectivity index (χ0v) is 13.0. The molecule has 0 aromatic heterocycles. The molecule has 0 unspecified atom stereocenters. The van der Waals surface area contributed by atoms with E-state index in [1.807, 2.05) is 6.07 Å². The van der Waals surface area contributed by atoms with E-state index in [2.05, 4.69) is 0 Å². The molecule has 0 aliphatic carbocycles. The van der Waals surface area contributed by atoms with Crippen molar-refractivity contribution < 1.29 is 8.42 Å². The number of piperidine rings is 1. The number of rotatable bonds is 2.